The average molecular weight is 400 g/mol. The number of ether oxygens (including phenoxy) is 5. The van der Waals surface area contributed by atoms with Gasteiger partial charge in [0.15, 0.2) is 6.61 Å². The fourth-order valence-electron chi connectivity index (χ4n) is 2.31. The molecule has 2 aromatic rings. The minimum absolute atomic E-state index is 0.0872. The molecule has 2 rings (SSSR count). The molecule has 0 atom stereocenters. The van der Waals surface area contributed by atoms with E-state index < -0.39 is 0 Å². The number of rotatable bonds is 13. The Morgan fingerprint density at radius 3 is 1.90 bits per heavy atom. The van der Waals surface area contributed by atoms with Crippen molar-refractivity contribution in [1.82, 2.24) is 0 Å². The first-order chi connectivity index (χ1) is 14.2. The van der Waals surface area contributed by atoms with Crippen molar-refractivity contribution in [2.75, 3.05) is 39.8 Å². The summed E-state index contributed by atoms with van der Waals surface area (Å²) in [4.78, 5) is 11.3. The van der Waals surface area contributed by atoms with Gasteiger partial charge in [-0.3, -0.25) is 0 Å². The molecule has 0 N–H and O–H groups in total. The third-order valence-electron chi connectivity index (χ3n) is 3.76. The topological polar surface area (TPSA) is 63.2 Å². The molecule has 0 aliphatic heterocycles. The van der Waals surface area contributed by atoms with Crippen molar-refractivity contribution in [2.45, 2.75) is 13.8 Å². The van der Waals surface area contributed by atoms with Gasteiger partial charge < -0.3 is 23.7 Å². The Labute approximate surface area is 172 Å². The van der Waals surface area contributed by atoms with Crippen LogP contribution in [0.5, 0.6) is 11.5 Å². The summed E-state index contributed by atoms with van der Waals surface area (Å²) >= 11 is 0. The fourth-order valence-corrected chi connectivity index (χ4v) is 2.31. The maximum Gasteiger partial charge on any atom is 0.344 e. The summed E-state index contributed by atoms with van der Waals surface area (Å²) < 4.78 is 26.2. The highest BCUT2D eigenvalue weighted by atomic mass is 16.7. The molecule has 0 aromatic heterocycles. The minimum Gasteiger partial charge on any atom is -0.491 e. The first-order valence-corrected chi connectivity index (χ1v) is 9.66. The van der Waals surface area contributed by atoms with Gasteiger partial charge in [0.2, 0.25) is 0 Å². The Balaban J connectivity index is 1.75. The zero-order valence-electron chi connectivity index (χ0n) is 17.0. The monoisotopic (exact) mass is 400 g/mol. The first kappa shape index (κ1) is 22.5. The van der Waals surface area contributed by atoms with Crippen LogP contribution in [0.3, 0.4) is 0 Å². The lowest BCUT2D eigenvalue weighted by Gasteiger charge is -2.07. The normalized spacial score (nSPS) is 10.8. The van der Waals surface area contributed by atoms with Gasteiger partial charge in [0, 0.05) is 6.61 Å². The molecule has 0 fully saturated rings. The van der Waals surface area contributed by atoms with Gasteiger partial charge in [0.1, 0.15) is 24.9 Å². The maximum absolute atomic E-state index is 11.3. The lowest BCUT2D eigenvalue weighted by Crippen LogP contribution is -2.14. The van der Waals surface area contributed by atoms with Crippen molar-refractivity contribution in [3.05, 3.63) is 59.7 Å². The van der Waals surface area contributed by atoms with Gasteiger partial charge in [-0.15, -0.1) is 0 Å². The third kappa shape index (κ3) is 9.27. The molecule has 0 spiro atoms. The molecular formula is C23H28O6. The molecule has 6 nitrogen and oxygen atoms in total. The van der Waals surface area contributed by atoms with Crippen molar-refractivity contribution in [2.24, 2.45) is 0 Å². The lowest BCUT2D eigenvalue weighted by atomic mass is 10.1. The van der Waals surface area contributed by atoms with E-state index in [4.69, 9.17) is 23.7 Å². The van der Waals surface area contributed by atoms with Crippen molar-refractivity contribution in [3.63, 3.8) is 0 Å². The largest absolute Gasteiger partial charge is 0.491 e. The second kappa shape index (κ2) is 13.4. The summed E-state index contributed by atoms with van der Waals surface area (Å²) in [7, 11) is 0. The first-order valence-electron chi connectivity index (χ1n) is 9.66. The Bertz CT molecular complexity index is 737. The SMILES string of the molecule is CCOCOCCOc1ccc(/C=C/c2ccc(OCC(=O)OCC)cc2)cc1. The van der Waals surface area contributed by atoms with Crippen LogP contribution < -0.4 is 9.47 Å². The number of carbonyl (C=O) groups is 1. The number of hydrogen-bond acceptors (Lipinski definition) is 6. The summed E-state index contributed by atoms with van der Waals surface area (Å²) in [6.45, 7) is 5.85. The van der Waals surface area contributed by atoms with E-state index in [9.17, 15) is 4.79 Å². The van der Waals surface area contributed by atoms with E-state index in [1.165, 1.54) is 0 Å². The molecule has 0 radical (unpaired) electrons. The zero-order valence-corrected chi connectivity index (χ0v) is 17.0. The standard InChI is InChI=1S/C23H28O6/c1-3-25-18-26-15-16-28-21-11-7-19(8-12-21)5-6-20-9-13-22(14-10-20)29-17-23(24)27-4-2/h5-14H,3-4,15-18H2,1-2H3/b6-5+. The van der Waals surface area contributed by atoms with E-state index in [0.29, 0.717) is 39.0 Å². The number of carbonyl (C=O) groups excluding carboxylic acids is 1. The number of benzene rings is 2. The summed E-state index contributed by atoms with van der Waals surface area (Å²) in [5.41, 5.74) is 2.09. The highest BCUT2D eigenvalue weighted by molar-refractivity contribution is 5.71. The van der Waals surface area contributed by atoms with Crippen LogP contribution in [0.15, 0.2) is 48.5 Å². The molecule has 29 heavy (non-hydrogen) atoms. The number of esters is 1. The summed E-state index contributed by atoms with van der Waals surface area (Å²) in [6, 6.07) is 15.3. The van der Waals surface area contributed by atoms with Crippen LogP contribution >= 0.6 is 0 Å². The third-order valence-corrected chi connectivity index (χ3v) is 3.76. The van der Waals surface area contributed by atoms with E-state index in [2.05, 4.69) is 0 Å². The molecule has 2 aromatic carbocycles. The van der Waals surface area contributed by atoms with E-state index >= 15 is 0 Å². The smallest absolute Gasteiger partial charge is 0.344 e. The van der Waals surface area contributed by atoms with Gasteiger partial charge in [-0.25, -0.2) is 4.79 Å². The fraction of sp³-hybridized carbons (Fsp3) is 0.348. The van der Waals surface area contributed by atoms with Gasteiger partial charge in [0.25, 0.3) is 0 Å². The molecule has 6 heteroatoms. The summed E-state index contributed by atoms with van der Waals surface area (Å²) in [6.07, 6.45) is 4.02. The Hall–Kier alpha value is -2.83. The van der Waals surface area contributed by atoms with Crippen molar-refractivity contribution in [1.29, 1.82) is 0 Å². The van der Waals surface area contributed by atoms with Crippen LogP contribution in [-0.4, -0.2) is 45.8 Å². The highest BCUT2D eigenvalue weighted by Crippen LogP contribution is 2.17. The summed E-state index contributed by atoms with van der Waals surface area (Å²) in [5, 5.41) is 0. The van der Waals surface area contributed by atoms with E-state index in [1.54, 1.807) is 6.92 Å². The zero-order chi connectivity index (χ0) is 20.7. The van der Waals surface area contributed by atoms with Crippen LogP contribution in [0.1, 0.15) is 25.0 Å². The number of hydrogen-bond donors (Lipinski definition) is 0. The van der Waals surface area contributed by atoms with Crippen molar-refractivity contribution >= 4 is 18.1 Å². The highest BCUT2D eigenvalue weighted by Gasteiger charge is 2.02. The Morgan fingerprint density at radius 2 is 1.34 bits per heavy atom. The maximum atomic E-state index is 11.3. The predicted molar refractivity (Wildman–Crippen MR) is 112 cm³/mol. The summed E-state index contributed by atoms with van der Waals surface area (Å²) in [5.74, 6) is 1.05. The van der Waals surface area contributed by atoms with E-state index in [0.717, 1.165) is 16.9 Å². The molecule has 156 valence electrons. The molecule has 0 saturated carbocycles. The molecule has 0 unspecified atom stereocenters. The van der Waals surface area contributed by atoms with E-state index in [-0.39, 0.29) is 12.6 Å². The van der Waals surface area contributed by atoms with Crippen molar-refractivity contribution in [3.8, 4) is 11.5 Å². The minimum atomic E-state index is -0.373. The molecular weight excluding hydrogens is 372 g/mol. The van der Waals surface area contributed by atoms with Gasteiger partial charge >= 0.3 is 5.97 Å². The molecule has 0 bridgehead atoms. The van der Waals surface area contributed by atoms with Crippen LogP contribution in [-0.2, 0) is 19.0 Å². The second-order valence-electron chi connectivity index (χ2n) is 5.93. The molecule has 0 saturated heterocycles. The second-order valence-corrected chi connectivity index (χ2v) is 5.93. The average Bonchev–Trinajstić information content (AvgIpc) is 2.75. The Morgan fingerprint density at radius 1 is 0.759 bits per heavy atom. The molecule has 0 aliphatic carbocycles. The van der Waals surface area contributed by atoms with E-state index in [1.807, 2.05) is 67.6 Å². The molecule has 0 aliphatic rings. The van der Waals surface area contributed by atoms with Gasteiger partial charge in [0.05, 0.1) is 13.2 Å². The van der Waals surface area contributed by atoms with Crippen LogP contribution in [0.2, 0.25) is 0 Å². The van der Waals surface area contributed by atoms with Crippen LogP contribution in [0, 0.1) is 0 Å². The Kier molecular flexibility index (Phi) is 10.3. The van der Waals surface area contributed by atoms with Crippen molar-refractivity contribution < 1.29 is 28.5 Å². The van der Waals surface area contributed by atoms with Gasteiger partial charge in [-0.05, 0) is 49.2 Å². The quantitative estimate of drug-likeness (QED) is 0.217. The van der Waals surface area contributed by atoms with Gasteiger partial charge in [-0.1, -0.05) is 36.4 Å². The van der Waals surface area contributed by atoms with Crippen LogP contribution in [0.25, 0.3) is 12.2 Å². The predicted octanol–water partition coefficient (Wildman–Crippen LogP) is 4.19. The molecule has 0 amide bonds. The van der Waals surface area contributed by atoms with Crippen LogP contribution in [0.4, 0.5) is 0 Å². The molecule has 0 heterocycles. The lowest BCUT2D eigenvalue weighted by molar-refractivity contribution is -0.145. The van der Waals surface area contributed by atoms with Gasteiger partial charge in [-0.2, -0.15) is 0 Å².